The molecule has 0 heterocycles. The highest BCUT2D eigenvalue weighted by atomic mass is 16.5. The topological polar surface area (TPSA) is 26.3 Å². The number of esters is 1. The van der Waals surface area contributed by atoms with E-state index in [0.29, 0.717) is 5.92 Å². The Kier molecular flexibility index (Phi) is 6.60. The average molecular weight is 200 g/mol. The molecule has 2 heteroatoms. The predicted molar refractivity (Wildman–Crippen MR) is 59.1 cm³/mol. The first-order valence-electron chi connectivity index (χ1n) is 5.67. The molecule has 0 aromatic carbocycles. The molecule has 0 aromatic rings. The Labute approximate surface area is 88.0 Å². The maximum atomic E-state index is 11.5. The summed E-state index contributed by atoms with van der Waals surface area (Å²) in [5.41, 5.74) is 0. The van der Waals surface area contributed by atoms with E-state index in [-0.39, 0.29) is 18.0 Å². The van der Waals surface area contributed by atoms with E-state index in [2.05, 4.69) is 20.8 Å². The summed E-state index contributed by atoms with van der Waals surface area (Å²) >= 11 is 0. The molecule has 0 saturated heterocycles. The van der Waals surface area contributed by atoms with Gasteiger partial charge in [0.2, 0.25) is 0 Å². The van der Waals surface area contributed by atoms with E-state index in [4.69, 9.17) is 4.74 Å². The van der Waals surface area contributed by atoms with Crippen molar-refractivity contribution in [1.29, 1.82) is 0 Å². The van der Waals surface area contributed by atoms with Crippen LogP contribution in [0.25, 0.3) is 0 Å². The third-order valence-electron chi connectivity index (χ3n) is 2.24. The number of hydrogen-bond donors (Lipinski definition) is 0. The molecule has 0 N–H and O–H groups in total. The highest BCUT2D eigenvalue weighted by Crippen LogP contribution is 2.12. The van der Waals surface area contributed by atoms with E-state index in [1.165, 1.54) is 0 Å². The van der Waals surface area contributed by atoms with Crippen LogP contribution in [0.5, 0.6) is 0 Å². The van der Waals surface area contributed by atoms with Gasteiger partial charge in [0.15, 0.2) is 0 Å². The SMILES string of the molecule is CCC[C@H](C)C(=O)O[C@H](C)CC(C)C. The summed E-state index contributed by atoms with van der Waals surface area (Å²) in [6, 6.07) is 0. The molecule has 0 spiro atoms. The van der Waals surface area contributed by atoms with Gasteiger partial charge in [0.1, 0.15) is 0 Å². The van der Waals surface area contributed by atoms with E-state index >= 15 is 0 Å². The van der Waals surface area contributed by atoms with Crippen molar-refractivity contribution in [3.8, 4) is 0 Å². The normalized spacial score (nSPS) is 15.3. The van der Waals surface area contributed by atoms with Gasteiger partial charge in [-0.25, -0.2) is 0 Å². The molecule has 0 fully saturated rings. The van der Waals surface area contributed by atoms with Gasteiger partial charge in [-0.2, -0.15) is 0 Å². The molecule has 0 radical (unpaired) electrons. The third kappa shape index (κ3) is 6.01. The second kappa shape index (κ2) is 6.86. The minimum atomic E-state index is -0.0417. The van der Waals surface area contributed by atoms with Crippen LogP contribution in [-0.4, -0.2) is 12.1 Å². The lowest BCUT2D eigenvalue weighted by atomic mass is 10.1. The van der Waals surface area contributed by atoms with Crippen molar-refractivity contribution in [2.45, 2.75) is 60.0 Å². The third-order valence-corrected chi connectivity index (χ3v) is 2.24. The zero-order valence-corrected chi connectivity index (χ0v) is 10.2. The smallest absolute Gasteiger partial charge is 0.308 e. The van der Waals surface area contributed by atoms with Crippen LogP contribution in [-0.2, 0) is 9.53 Å². The van der Waals surface area contributed by atoms with Crippen molar-refractivity contribution < 1.29 is 9.53 Å². The van der Waals surface area contributed by atoms with Crippen molar-refractivity contribution in [1.82, 2.24) is 0 Å². The molecular weight excluding hydrogens is 176 g/mol. The lowest BCUT2D eigenvalue weighted by Crippen LogP contribution is -2.21. The quantitative estimate of drug-likeness (QED) is 0.614. The highest BCUT2D eigenvalue weighted by Gasteiger charge is 2.16. The minimum Gasteiger partial charge on any atom is -0.462 e. The number of rotatable bonds is 6. The van der Waals surface area contributed by atoms with Crippen LogP contribution in [0.3, 0.4) is 0 Å². The summed E-state index contributed by atoms with van der Waals surface area (Å²) in [5, 5.41) is 0. The van der Waals surface area contributed by atoms with Crippen LogP contribution in [0.2, 0.25) is 0 Å². The number of ether oxygens (including phenoxy) is 1. The Bertz CT molecular complexity index is 164. The lowest BCUT2D eigenvalue weighted by Gasteiger charge is -2.17. The van der Waals surface area contributed by atoms with Gasteiger partial charge in [-0.1, -0.05) is 34.1 Å². The molecule has 0 aliphatic rings. The zero-order chi connectivity index (χ0) is 11.1. The first kappa shape index (κ1) is 13.5. The molecule has 84 valence electrons. The Morgan fingerprint density at radius 1 is 1.21 bits per heavy atom. The second-order valence-electron chi connectivity index (χ2n) is 4.57. The first-order valence-corrected chi connectivity index (χ1v) is 5.67. The van der Waals surface area contributed by atoms with E-state index in [1.54, 1.807) is 0 Å². The highest BCUT2D eigenvalue weighted by molar-refractivity contribution is 5.72. The van der Waals surface area contributed by atoms with Crippen LogP contribution in [0, 0.1) is 11.8 Å². The fourth-order valence-electron chi connectivity index (χ4n) is 1.58. The van der Waals surface area contributed by atoms with Gasteiger partial charge in [0.05, 0.1) is 12.0 Å². The Morgan fingerprint density at radius 3 is 2.21 bits per heavy atom. The average Bonchev–Trinajstić information content (AvgIpc) is 2.02. The summed E-state index contributed by atoms with van der Waals surface area (Å²) in [5.74, 6) is 0.592. The van der Waals surface area contributed by atoms with Crippen molar-refractivity contribution >= 4 is 5.97 Å². The van der Waals surface area contributed by atoms with Crippen molar-refractivity contribution in [3.05, 3.63) is 0 Å². The van der Waals surface area contributed by atoms with Gasteiger partial charge >= 0.3 is 5.97 Å². The molecule has 0 saturated carbocycles. The molecule has 0 amide bonds. The largest absolute Gasteiger partial charge is 0.462 e. The number of hydrogen-bond acceptors (Lipinski definition) is 2. The minimum absolute atomic E-state index is 0.0417. The van der Waals surface area contributed by atoms with E-state index in [1.807, 2.05) is 13.8 Å². The van der Waals surface area contributed by atoms with E-state index < -0.39 is 0 Å². The fourth-order valence-corrected chi connectivity index (χ4v) is 1.58. The predicted octanol–water partition coefficient (Wildman–Crippen LogP) is 3.40. The van der Waals surface area contributed by atoms with Crippen LogP contribution in [0.15, 0.2) is 0 Å². The molecule has 0 aromatic heterocycles. The Hall–Kier alpha value is -0.530. The summed E-state index contributed by atoms with van der Waals surface area (Å²) in [7, 11) is 0. The van der Waals surface area contributed by atoms with Gasteiger partial charge in [-0.05, 0) is 25.7 Å². The summed E-state index contributed by atoms with van der Waals surface area (Å²) in [4.78, 5) is 11.5. The molecule has 0 bridgehead atoms. The van der Waals surface area contributed by atoms with Crippen LogP contribution >= 0.6 is 0 Å². The first-order chi connectivity index (χ1) is 6.47. The maximum absolute atomic E-state index is 11.5. The van der Waals surface area contributed by atoms with Crippen LogP contribution in [0.4, 0.5) is 0 Å². The molecule has 0 aliphatic heterocycles. The molecule has 0 unspecified atom stereocenters. The Balaban J connectivity index is 3.80. The van der Waals surface area contributed by atoms with E-state index in [0.717, 1.165) is 19.3 Å². The van der Waals surface area contributed by atoms with E-state index in [9.17, 15) is 4.79 Å². The molecule has 0 rings (SSSR count). The molecule has 14 heavy (non-hydrogen) atoms. The number of carbonyl (C=O) groups is 1. The molecule has 2 atom stereocenters. The lowest BCUT2D eigenvalue weighted by molar-refractivity contribution is -0.153. The van der Waals surface area contributed by atoms with Crippen molar-refractivity contribution in [2.75, 3.05) is 0 Å². The van der Waals surface area contributed by atoms with Gasteiger partial charge in [0.25, 0.3) is 0 Å². The van der Waals surface area contributed by atoms with Crippen LogP contribution < -0.4 is 0 Å². The summed E-state index contributed by atoms with van der Waals surface area (Å²) in [6.07, 6.45) is 2.97. The summed E-state index contributed by atoms with van der Waals surface area (Å²) < 4.78 is 5.34. The van der Waals surface area contributed by atoms with Gasteiger partial charge in [-0.3, -0.25) is 4.79 Å². The monoisotopic (exact) mass is 200 g/mol. The van der Waals surface area contributed by atoms with Crippen molar-refractivity contribution in [3.63, 3.8) is 0 Å². The van der Waals surface area contributed by atoms with Gasteiger partial charge < -0.3 is 4.74 Å². The zero-order valence-electron chi connectivity index (χ0n) is 10.2. The number of carbonyl (C=O) groups excluding carboxylic acids is 1. The Morgan fingerprint density at radius 2 is 1.79 bits per heavy atom. The molecule has 0 aliphatic carbocycles. The van der Waals surface area contributed by atoms with Gasteiger partial charge in [0, 0.05) is 0 Å². The molecular formula is C12H24O2. The standard InChI is InChI=1S/C12H24O2/c1-6-7-10(4)12(13)14-11(5)8-9(2)3/h9-11H,6-8H2,1-5H3/t10-,11+/m0/s1. The summed E-state index contributed by atoms with van der Waals surface area (Å²) in [6.45, 7) is 10.3. The van der Waals surface area contributed by atoms with Crippen molar-refractivity contribution in [2.24, 2.45) is 11.8 Å². The fraction of sp³-hybridized carbons (Fsp3) is 0.917. The maximum Gasteiger partial charge on any atom is 0.308 e. The second-order valence-corrected chi connectivity index (χ2v) is 4.57. The van der Waals surface area contributed by atoms with Gasteiger partial charge in [-0.15, -0.1) is 0 Å². The molecule has 2 nitrogen and oxygen atoms in total. The van der Waals surface area contributed by atoms with Crippen LogP contribution in [0.1, 0.15) is 53.9 Å².